The van der Waals surface area contributed by atoms with Crippen molar-refractivity contribution in [3.8, 4) is 0 Å². The van der Waals surface area contributed by atoms with Gasteiger partial charge in [0, 0.05) is 19.1 Å². The zero-order valence-corrected chi connectivity index (χ0v) is 10.4. The maximum Gasteiger partial charge on any atom is 0.0716 e. The lowest BCUT2D eigenvalue weighted by Crippen LogP contribution is -2.20. The Morgan fingerprint density at radius 2 is 1.94 bits per heavy atom. The van der Waals surface area contributed by atoms with E-state index in [1.165, 1.54) is 5.56 Å². The number of hydrogen-bond donors (Lipinski definition) is 2. The van der Waals surface area contributed by atoms with Crippen molar-refractivity contribution in [1.82, 2.24) is 0 Å². The van der Waals surface area contributed by atoms with Crippen molar-refractivity contribution in [2.24, 2.45) is 5.92 Å². The van der Waals surface area contributed by atoms with Gasteiger partial charge >= 0.3 is 0 Å². The molecule has 0 aliphatic heterocycles. The van der Waals surface area contributed by atoms with E-state index in [-0.39, 0.29) is 12.5 Å². The van der Waals surface area contributed by atoms with Crippen LogP contribution < -0.4 is 0 Å². The molecule has 2 atom stereocenters. The molecular formula is C14H22O3. The zero-order chi connectivity index (χ0) is 12.5. The van der Waals surface area contributed by atoms with Gasteiger partial charge in [0.25, 0.3) is 0 Å². The van der Waals surface area contributed by atoms with Crippen LogP contribution in [0.4, 0.5) is 0 Å². The van der Waals surface area contributed by atoms with Gasteiger partial charge in [0.1, 0.15) is 0 Å². The quantitative estimate of drug-likeness (QED) is 0.681. The Morgan fingerprint density at radius 3 is 2.53 bits per heavy atom. The first-order chi connectivity index (χ1) is 8.24. The number of benzene rings is 1. The molecule has 0 bridgehead atoms. The molecule has 3 nitrogen and oxygen atoms in total. The highest BCUT2D eigenvalue weighted by atomic mass is 16.5. The van der Waals surface area contributed by atoms with Crippen LogP contribution in [-0.2, 0) is 11.3 Å². The first-order valence-corrected chi connectivity index (χ1v) is 6.14. The summed E-state index contributed by atoms with van der Waals surface area (Å²) in [5.74, 6) is -0.0321. The van der Waals surface area contributed by atoms with Gasteiger partial charge < -0.3 is 14.9 Å². The van der Waals surface area contributed by atoms with Crippen LogP contribution in [0, 0.1) is 5.92 Å². The summed E-state index contributed by atoms with van der Waals surface area (Å²) in [5, 5.41) is 18.4. The lowest BCUT2D eigenvalue weighted by atomic mass is 9.99. The highest BCUT2D eigenvalue weighted by Crippen LogP contribution is 2.11. The lowest BCUT2D eigenvalue weighted by Gasteiger charge is -2.16. The molecule has 0 fully saturated rings. The first kappa shape index (κ1) is 14.2. The van der Waals surface area contributed by atoms with E-state index in [2.05, 4.69) is 0 Å². The maximum absolute atomic E-state index is 9.35. The molecule has 0 aliphatic carbocycles. The minimum atomic E-state index is -0.450. The molecule has 0 amide bonds. The standard InChI is InChI=1S/C14H22O3/c1-12(16)14(10-15)8-5-9-17-11-13-6-3-2-4-7-13/h2-4,6-7,12,14-16H,5,8-11H2,1H3. The van der Waals surface area contributed by atoms with Gasteiger partial charge in [-0.15, -0.1) is 0 Å². The fraction of sp³-hybridized carbons (Fsp3) is 0.571. The summed E-state index contributed by atoms with van der Waals surface area (Å²) in [5.41, 5.74) is 1.17. The summed E-state index contributed by atoms with van der Waals surface area (Å²) in [7, 11) is 0. The summed E-state index contributed by atoms with van der Waals surface area (Å²) in [6, 6.07) is 10.0. The first-order valence-electron chi connectivity index (χ1n) is 6.14. The Bertz CT molecular complexity index is 285. The van der Waals surface area contributed by atoms with Crippen LogP contribution in [0.1, 0.15) is 25.3 Å². The average molecular weight is 238 g/mol. The molecule has 0 radical (unpaired) electrons. The Hall–Kier alpha value is -0.900. The predicted molar refractivity (Wildman–Crippen MR) is 67.6 cm³/mol. The Balaban J connectivity index is 2.08. The lowest BCUT2D eigenvalue weighted by molar-refractivity contribution is 0.0613. The van der Waals surface area contributed by atoms with Crippen LogP contribution in [-0.4, -0.2) is 29.5 Å². The summed E-state index contributed by atoms with van der Waals surface area (Å²) in [4.78, 5) is 0. The number of hydrogen-bond acceptors (Lipinski definition) is 3. The van der Waals surface area contributed by atoms with Gasteiger partial charge in [0.05, 0.1) is 12.7 Å². The zero-order valence-electron chi connectivity index (χ0n) is 10.4. The number of rotatable bonds is 8. The van der Waals surface area contributed by atoms with Gasteiger partial charge in [-0.25, -0.2) is 0 Å². The molecule has 17 heavy (non-hydrogen) atoms. The molecule has 0 saturated carbocycles. The summed E-state index contributed by atoms with van der Waals surface area (Å²) in [6.07, 6.45) is 1.21. The van der Waals surface area contributed by atoms with E-state index >= 15 is 0 Å². The monoisotopic (exact) mass is 238 g/mol. The molecule has 1 aromatic carbocycles. The molecule has 0 aromatic heterocycles. The van der Waals surface area contributed by atoms with Gasteiger partial charge in [0.15, 0.2) is 0 Å². The predicted octanol–water partition coefficient (Wildman–Crippen LogP) is 1.97. The van der Waals surface area contributed by atoms with Crippen LogP contribution in [0.15, 0.2) is 30.3 Å². The van der Waals surface area contributed by atoms with Crippen LogP contribution in [0.5, 0.6) is 0 Å². The fourth-order valence-electron chi connectivity index (χ4n) is 1.70. The number of aliphatic hydroxyl groups excluding tert-OH is 2. The van der Waals surface area contributed by atoms with E-state index in [0.29, 0.717) is 13.2 Å². The van der Waals surface area contributed by atoms with Gasteiger partial charge in [-0.3, -0.25) is 0 Å². The average Bonchev–Trinajstić information content (AvgIpc) is 2.34. The van der Waals surface area contributed by atoms with Gasteiger partial charge in [-0.1, -0.05) is 30.3 Å². The van der Waals surface area contributed by atoms with E-state index in [0.717, 1.165) is 12.8 Å². The second-order valence-electron chi connectivity index (χ2n) is 4.36. The van der Waals surface area contributed by atoms with E-state index in [9.17, 15) is 5.11 Å². The Kier molecular flexibility index (Phi) is 6.86. The normalized spacial score (nSPS) is 14.5. The van der Waals surface area contributed by atoms with Crippen LogP contribution in [0.3, 0.4) is 0 Å². The third kappa shape index (κ3) is 5.82. The second kappa shape index (κ2) is 8.23. The molecule has 2 unspecified atom stereocenters. The van der Waals surface area contributed by atoms with E-state index in [1.54, 1.807) is 6.92 Å². The topological polar surface area (TPSA) is 49.7 Å². The largest absolute Gasteiger partial charge is 0.396 e. The highest BCUT2D eigenvalue weighted by Gasteiger charge is 2.12. The minimum absolute atomic E-state index is 0.0321. The molecule has 0 heterocycles. The van der Waals surface area contributed by atoms with E-state index < -0.39 is 6.10 Å². The molecule has 0 spiro atoms. The van der Waals surface area contributed by atoms with Crippen molar-refractivity contribution < 1.29 is 14.9 Å². The van der Waals surface area contributed by atoms with Crippen molar-refractivity contribution in [1.29, 1.82) is 0 Å². The summed E-state index contributed by atoms with van der Waals surface area (Å²) < 4.78 is 5.53. The smallest absolute Gasteiger partial charge is 0.0716 e. The molecule has 1 aromatic rings. The van der Waals surface area contributed by atoms with Crippen molar-refractivity contribution in [3.05, 3.63) is 35.9 Å². The number of ether oxygens (including phenoxy) is 1. The van der Waals surface area contributed by atoms with Gasteiger partial charge in [-0.2, -0.15) is 0 Å². The van der Waals surface area contributed by atoms with Crippen LogP contribution in [0.25, 0.3) is 0 Å². The maximum atomic E-state index is 9.35. The van der Waals surface area contributed by atoms with Crippen molar-refractivity contribution in [3.63, 3.8) is 0 Å². The van der Waals surface area contributed by atoms with Crippen LogP contribution >= 0.6 is 0 Å². The number of aliphatic hydroxyl groups is 2. The van der Waals surface area contributed by atoms with Gasteiger partial charge in [0.2, 0.25) is 0 Å². The summed E-state index contributed by atoms with van der Waals surface area (Å²) in [6.45, 7) is 3.04. The van der Waals surface area contributed by atoms with Crippen molar-refractivity contribution >= 4 is 0 Å². The van der Waals surface area contributed by atoms with E-state index in [4.69, 9.17) is 9.84 Å². The van der Waals surface area contributed by atoms with Gasteiger partial charge in [-0.05, 0) is 25.3 Å². The molecule has 96 valence electrons. The molecule has 0 aliphatic rings. The third-order valence-corrected chi connectivity index (χ3v) is 2.89. The summed E-state index contributed by atoms with van der Waals surface area (Å²) >= 11 is 0. The van der Waals surface area contributed by atoms with E-state index in [1.807, 2.05) is 30.3 Å². The highest BCUT2D eigenvalue weighted by molar-refractivity contribution is 5.13. The van der Waals surface area contributed by atoms with Crippen molar-refractivity contribution in [2.45, 2.75) is 32.5 Å². The fourth-order valence-corrected chi connectivity index (χ4v) is 1.70. The molecule has 2 N–H and O–H groups in total. The SMILES string of the molecule is CC(O)C(CO)CCCOCc1ccccc1. The Morgan fingerprint density at radius 1 is 1.24 bits per heavy atom. The molecule has 0 saturated heterocycles. The molecule has 3 heteroatoms. The van der Waals surface area contributed by atoms with Crippen LogP contribution in [0.2, 0.25) is 0 Å². The molecule has 1 rings (SSSR count). The van der Waals surface area contributed by atoms with Crippen molar-refractivity contribution in [2.75, 3.05) is 13.2 Å². The Labute approximate surface area is 103 Å². The minimum Gasteiger partial charge on any atom is -0.396 e. The third-order valence-electron chi connectivity index (χ3n) is 2.89. The molecular weight excluding hydrogens is 216 g/mol. The second-order valence-corrected chi connectivity index (χ2v) is 4.36.